The van der Waals surface area contributed by atoms with Crippen LogP contribution >= 0.6 is 0 Å². The van der Waals surface area contributed by atoms with Crippen molar-refractivity contribution in [2.24, 2.45) is 0 Å². The Kier molecular flexibility index (Phi) is 7.46. The van der Waals surface area contributed by atoms with Gasteiger partial charge in [0.25, 0.3) is 0 Å². The minimum atomic E-state index is -0.467. The van der Waals surface area contributed by atoms with Crippen molar-refractivity contribution in [2.75, 3.05) is 52.9 Å². The van der Waals surface area contributed by atoms with Crippen LogP contribution in [0.15, 0.2) is 97.1 Å². The topological polar surface area (TPSA) is 62.0 Å². The summed E-state index contributed by atoms with van der Waals surface area (Å²) in [5.74, 6) is 1.66. The predicted octanol–water partition coefficient (Wildman–Crippen LogP) is 5.64. The number of hydrogen-bond acceptors (Lipinski definition) is 6. The molecule has 0 radical (unpaired) electrons. The molecule has 2 atom stereocenters. The van der Waals surface area contributed by atoms with Gasteiger partial charge in [-0.2, -0.15) is 0 Å². The fourth-order valence-electron chi connectivity index (χ4n) is 5.82. The summed E-state index contributed by atoms with van der Waals surface area (Å²) in [7, 11) is 0. The smallest absolute Gasteiger partial charge is 0.119 e. The summed E-state index contributed by atoms with van der Waals surface area (Å²) in [6.45, 7) is 4.97. The molecule has 4 aromatic carbocycles. The lowest BCUT2D eigenvalue weighted by molar-refractivity contribution is 0.0878. The second-order valence-corrected chi connectivity index (χ2v) is 10.6. The molecule has 0 amide bonds. The summed E-state index contributed by atoms with van der Waals surface area (Å²) in [6.07, 6.45) is 0.537. The molecule has 41 heavy (non-hydrogen) atoms. The highest BCUT2D eigenvalue weighted by molar-refractivity contribution is 5.86. The molecule has 0 aromatic heterocycles. The molecule has 3 aliphatic rings. The number of ether oxygens (including phenoxy) is 6. The first-order valence-electron chi connectivity index (χ1n) is 14.4. The monoisotopic (exact) mass is 550 g/mol. The Hall–Kier alpha value is -3.68. The van der Waals surface area contributed by atoms with E-state index in [4.69, 9.17) is 28.4 Å². The average Bonchev–Trinajstić information content (AvgIpc) is 3.96. The first kappa shape index (κ1) is 26.2. The lowest BCUT2D eigenvalue weighted by Crippen LogP contribution is -2.28. The van der Waals surface area contributed by atoms with Crippen molar-refractivity contribution < 1.29 is 28.4 Å². The van der Waals surface area contributed by atoms with E-state index in [9.17, 15) is 0 Å². The van der Waals surface area contributed by atoms with Gasteiger partial charge in [-0.3, -0.25) is 0 Å². The van der Waals surface area contributed by atoms with Crippen LogP contribution in [0.3, 0.4) is 0 Å². The van der Waals surface area contributed by atoms with Gasteiger partial charge < -0.3 is 28.4 Å². The largest absolute Gasteiger partial charge is 0.491 e. The van der Waals surface area contributed by atoms with Crippen LogP contribution in [-0.2, 0) is 24.4 Å². The molecule has 2 fully saturated rings. The van der Waals surface area contributed by atoms with E-state index in [-0.39, 0.29) is 12.2 Å². The third kappa shape index (κ3) is 5.48. The van der Waals surface area contributed by atoms with Gasteiger partial charge in [0.05, 0.1) is 45.1 Å². The fraction of sp³-hybridized carbons (Fsp3) is 0.314. The highest BCUT2D eigenvalue weighted by Gasteiger charge is 2.45. The molecule has 4 aromatic rings. The van der Waals surface area contributed by atoms with Gasteiger partial charge in [-0.15, -0.1) is 0 Å². The lowest BCUT2D eigenvalue weighted by Gasteiger charge is -2.34. The van der Waals surface area contributed by atoms with Gasteiger partial charge in [0.2, 0.25) is 0 Å². The number of benzene rings is 4. The molecule has 7 rings (SSSR count). The normalized spacial score (nSPS) is 19.3. The molecule has 0 spiro atoms. The fourth-order valence-corrected chi connectivity index (χ4v) is 5.82. The Morgan fingerprint density at radius 3 is 1.37 bits per heavy atom. The molecule has 6 heteroatoms. The minimum absolute atomic E-state index is 0.268. The molecule has 2 heterocycles. The molecule has 0 bridgehead atoms. The van der Waals surface area contributed by atoms with Gasteiger partial charge >= 0.3 is 0 Å². The first-order chi connectivity index (χ1) is 20.3. The summed E-state index contributed by atoms with van der Waals surface area (Å²) < 4.78 is 33.6. The van der Waals surface area contributed by atoms with Crippen LogP contribution in [0.4, 0.5) is 0 Å². The van der Waals surface area contributed by atoms with Crippen LogP contribution in [0.1, 0.15) is 22.3 Å². The van der Waals surface area contributed by atoms with Crippen LogP contribution in [0.2, 0.25) is 0 Å². The van der Waals surface area contributed by atoms with E-state index in [1.165, 1.54) is 33.4 Å². The summed E-state index contributed by atoms with van der Waals surface area (Å²) in [6, 6.07) is 34.5. The maximum Gasteiger partial charge on any atom is 0.119 e. The Morgan fingerprint density at radius 2 is 0.951 bits per heavy atom. The first-order valence-corrected chi connectivity index (χ1v) is 14.4. The minimum Gasteiger partial charge on any atom is -0.491 e. The zero-order chi connectivity index (χ0) is 27.5. The quantitative estimate of drug-likeness (QED) is 0.132. The Morgan fingerprint density at radius 1 is 0.537 bits per heavy atom. The van der Waals surface area contributed by atoms with Crippen molar-refractivity contribution in [1.82, 2.24) is 0 Å². The molecular weight excluding hydrogens is 516 g/mol. The van der Waals surface area contributed by atoms with Crippen LogP contribution < -0.4 is 9.47 Å². The highest BCUT2D eigenvalue weighted by atomic mass is 16.6. The zero-order valence-corrected chi connectivity index (χ0v) is 23.0. The summed E-state index contributed by atoms with van der Waals surface area (Å²) >= 11 is 0. The van der Waals surface area contributed by atoms with Gasteiger partial charge in [-0.05, 0) is 57.6 Å². The molecule has 0 N–H and O–H groups in total. The van der Waals surface area contributed by atoms with Crippen LogP contribution in [0.25, 0.3) is 11.1 Å². The highest BCUT2D eigenvalue weighted by Crippen LogP contribution is 2.56. The third-order valence-corrected chi connectivity index (χ3v) is 7.93. The van der Waals surface area contributed by atoms with Crippen molar-refractivity contribution in [3.63, 3.8) is 0 Å². The van der Waals surface area contributed by atoms with Crippen molar-refractivity contribution in [3.05, 3.63) is 119 Å². The summed E-state index contributed by atoms with van der Waals surface area (Å²) in [5.41, 5.74) is 6.98. The average molecular weight is 551 g/mol. The second-order valence-electron chi connectivity index (χ2n) is 10.6. The van der Waals surface area contributed by atoms with Gasteiger partial charge in [0, 0.05) is 0 Å². The molecular formula is C35H34O6. The molecule has 210 valence electrons. The van der Waals surface area contributed by atoms with Crippen molar-refractivity contribution in [2.45, 2.75) is 17.6 Å². The van der Waals surface area contributed by atoms with Crippen molar-refractivity contribution in [1.29, 1.82) is 0 Å². The van der Waals surface area contributed by atoms with Crippen LogP contribution in [0.5, 0.6) is 11.5 Å². The van der Waals surface area contributed by atoms with Gasteiger partial charge in [0.15, 0.2) is 0 Å². The molecule has 2 aliphatic heterocycles. The van der Waals surface area contributed by atoms with Crippen LogP contribution in [0, 0.1) is 0 Å². The molecule has 2 saturated heterocycles. The van der Waals surface area contributed by atoms with E-state index < -0.39 is 5.41 Å². The molecule has 0 saturated carbocycles. The Labute approximate surface area is 240 Å². The SMILES string of the molecule is c1ccc2c(c1)-c1ccccc1C2(c1ccc(OCCOCC2CO2)cc1)c1ccc(OCCOCC2CO2)cc1. The molecule has 6 nitrogen and oxygen atoms in total. The number of epoxide rings is 2. The second kappa shape index (κ2) is 11.7. The van der Waals surface area contributed by atoms with Crippen molar-refractivity contribution >= 4 is 0 Å². The van der Waals surface area contributed by atoms with Crippen LogP contribution in [-0.4, -0.2) is 65.1 Å². The van der Waals surface area contributed by atoms with E-state index in [2.05, 4.69) is 97.1 Å². The maximum absolute atomic E-state index is 5.99. The van der Waals surface area contributed by atoms with E-state index in [1.54, 1.807) is 0 Å². The number of hydrogen-bond donors (Lipinski definition) is 0. The molecule has 2 unspecified atom stereocenters. The predicted molar refractivity (Wildman–Crippen MR) is 156 cm³/mol. The van der Waals surface area contributed by atoms with Gasteiger partial charge in [0.1, 0.15) is 36.9 Å². The third-order valence-electron chi connectivity index (χ3n) is 7.93. The number of fused-ring (bicyclic) bond motifs is 3. The van der Waals surface area contributed by atoms with Gasteiger partial charge in [-0.25, -0.2) is 0 Å². The summed E-state index contributed by atoms with van der Waals surface area (Å²) in [5, 5.41) is 0. The maximum atomic E-state index is 5.99. The van der Waals surface area contributed by atoms with E-state index in [1.807, 2.05) is 0 Å². The van der Waals surface area contributed by atoms with Crippen molar-refractivity contribution in [3.8, 4) is 22.6 Å². The van der Waals surface area contributed by atoms with E-state index in [0.29, 0.717) is 39.6 Å². The molecule has 1 aliphatic carbocycles. The van der Waals surface area contributed by atoms with E-state index >= 15 is 0 Å². The van der Waals surface area contributed by atoms with E-state index in [0.717, 1.165) is 24.7 Å². The Balaban J connectivity index is 1.16. The Bertz CT molecular complexity index is 1340. The lowest BCUT2D eigenvalue weighted by atomic mass is 9.68. The number of rotatable bonds is 14. The standard InChI is InChI=1S/C35H34O6/c1-3-7-33-31(5-1)32-6-2-4-8-34(32)35(33,25-9-13-27(14-10-25)38-19-17-36-21-29-23-40-29)26-11-15-28(16-12-26)39-20-18-37-22-30-24-41-30/h1-16,29-30H,17-24H2. The zero-order valence-electron chi connectivity index (χ0n) is 23.0. The van der Waals surface area contributed by atoms with Gasteiger partial charge in [-0.1, -0.05) is 72.8 Å². The summed E-state index contributed by atoms with van der Waals surface area (Å²) in [4.78, 5) is 0.